The quantitative estimate of drug-likeness (QED) is 0.794. The lowest BCUT2D eigenvalue weighted by atomic mass is 10.2. The summed E-state index contributed by atoms with van der Waals surface area (Å²) in [6.45, 7) is 4.94. The maximum absolute atomic E-state index is 12.1. The highest BCUT2D eigenvalue weighted by Crippen LogP contribution is 2.27. The molecule has 1 aliphatic heterocycles. The Bertz CT molecular complexity index is 640. The second kappa shape index (κ2) is 9.80. The molecular weight excluding hydrogens is 356 g/mol. The molecule has 6 heteroatoms. The first-order chi connectivity index (χ1) is 11.7. The molecule has 0 bridgehead atoms. The van der Waals surface area contributed by atoms with Gasteiger partial charge in [0.1, 0.15) is 5.75 Å². The van der Waals surface area contributed by atoms with Crippen LogP contribution in [0.4, 0.5) is 0 Å². The van der Waals surface area contributed by atoms with Crippen LogP contribution in [0, 0.1) is 6.92 Å². The number of carbonyl (C=O) groups excluding carboxylic acids is 1. The van der Waals surface area contributed by atoms with Gasteiger partial charge in [0.25, 0.3) is 5.91 Å². The van der Waals surface area contributed by atoms with Crippen molar-refractivity contribution in [2.24, 2.45) is 0 Å². The molecule has 1 fully saturated rings. The number of rotatable bonds is 7. The molecule has 1 unspecified atom stereocenters. The Labute approximate surface area is 159 Å². The Kier molecular flexibility index (Phi) is 7.75. The number of amides is 1. The van der Waals surface area contributed by atoms with Gasteiger partial charge in [-0.1, -0.05) is 23.8 Å². The van der Waals surface area contributed by atoms with Gasteiger partial charge in [-0.25, -0.2) is 0 Å². The monoisotopic (exact) mass is 380 g/mol. The fourth-order valence-electron chi connectivity index (χ4n) is 2.99. The standard InChI is InChI=1S/C19H24N2O2S.ClH/c1-15-6-8-16(9-7-15)23-14-19(22)20-13-17(18-5-4-12-24-18)21-10-2-3-11-21;/h4-9,12,17H,2-3,10-11,13-14H2,1H3,(H,20,22);1H. The molecule has 4 nitrogen and oxygen atoms in total. The van der Waals surface area contributed by atoms with Crippen LogP contribution in [0.1, 0.15) is 29.3 Å². The first kappa shape index (κ1) is 19.8. The number of nitrogens with one attached hydrogen (secondary N) is 1. The van der Waals surface area contributed by atoms with Crippen LogP contribution in [-0.2, 0) is 4.79 Å². The van der Waals surface area contributed by atoms with Gasteiger partial charge < -0.3 is 10.1 Å². The van der Waals surface area contributed by atoms with Crippen LogP contribution in [0.2, 0.25) is 0 Å². The van der Waals surface area contributed by atoms with E-state index in [1.165, 1.54) is 23.3 Å². The Morgan fingerprint density at radius 3 is 2.60 bits per heavy atom. The number of ether oxygens (including phenoxy) is 1. The number of benzene rings is 1. The van der Waals surface area contributed by atoms with E-state index in [0.717, 1.165) is 18.8 Å². The number of carbonyl (C=O) groups is 1. The fraction of sp³-hybridized carbons (Fsp3) is 0.421. The molecule has 3 rings (SSSR count). The number of likely N-dealkylation sites (tertiary alicyclic amines) is 1. The topological polar surface area (TPSA) is 41.6 Å². The minimum atomic E-state index is -0.0728. The Morgan fingerprint density at radius 1 is 1.24 bits per heavy atom. The molecule has 1 aromatic carbocycles. The van der Waals surface area contributed by atoms with E-state index in [1.54, 1.807) is 11.3 Å². The summed E-state index contributed by atoms with van der Waals surface area (Å²) in [7, 11) is 0. The molecule has 1 N–H and O–H groups in total. The van der Waals surface area contributed by atoms with Gasteiger partial charge in [-0.15, -0.1) is 23.7 Å². The van der Waals surface area contributed by atoms with Gasteiger partial charge in [0.2, 0.25) is 0 Å². The Hall–Kier alpha value is -1.56. The van der Waals surface area contributed by atoms with Gasteiger partial charge in [-0.05, 0) is 56.4 Å². The third kappa shape index (κ3) is 5.73. The number of nitrogens with zero attached hydrogens (tertiary/aromatic N) is 1. The largest absolute Gasteiger partial charge is 0.484 e. The van der Waals surface area contributed by atoms with Crippen LogP contribution in [0.3, 0.4) is 0 Å². The summed E-state index contributed by atoms with van der Waals surface area (Å²) in [4.78, 5) is 15.9. The van der Waals surface area contributed by atoms with Crippen LogP contribution < -0.4 is 10.1 Å². The van der Waals surface area contributed by atoms with Crippen molar-refractivity contribution < 1.29 is 9.53 Å². The molecule has 25 heavy (non-hydrogen) atoms. The van der Waals surface area contributed by atoms with Crippen LogP contribution in [0.5, 0.6) is 5.75 Å². The SMILES string of the molecule is Cc1ccc(OCC(=O)NCC(c2cccs2)N2CCCC2)cc1.Cl. The lowest BCUT2D eigenvalue weighted by Crippen LogP contribution is -2.38. The first-order valence-electron chi connectivity index (χ1n) is 8.46. The van der Waals surface area contributed by atoms with Gasteiger partial charge in [0, 0.05) is 11.4 Å². The van der Waals surface area contributed by atoms with E-state index in [9.17, 15) is 4.79 Å². The van der Waals surface area contributed by atoms with Crippen molar-refractivity contribution in [3.63, 3.8) is 0 Å². The van der Waals surface area contributed by atoms with Crippen molar-refractivity contribution in [3.05, 3.63) is 52.2 Å². The van der Waals surface area contributed by atoms with Gasteiger partial charge in [-0.2, -0.15) is 0 Å². The van der Waals surface area contributed by atoms with E-state index in [0.29, 0.717) is 6.54 Å². The second-order valence-corrected chi connectivity index (χ2v) is 7.16. The number of hydrogen-bond donors (Lipinski definition) is 1. The zero-order chi connectivity index (χ0) is 16.8. The highest BCUT2D eigenvalue weighted by Gasteiger charge is 2.24. The summed E-state index contributed by atoms with van der Waals surface area (Å²) in [5, 5.41) is 5.13. The van der Waals surface area contributed by atoms with E-state index in [4.69, 9.17) is 4.74 Å². The summed E-state index contributed by atoms with van der Waals surface area (Å²) in [6, 6.07) is 12.2. The highest BCUT2D eigenvalue weighted by molar-refractivity contribution is 7.10. The smallest absolute Gasteiger partial charge is 0.258 e. The van der Waals surface area contributed by atoms with Crippen molar-refractivity contribution >= 4 is 29.7 Å². The van der Waals surface area contributed by atoms with Gasteiger partial charge in [0.05, 0.1) is 6.04 Å². The predicted octanol–water partition coefficient (Wildman–Crippen LogP) is 3.81. The van der Waals surface area contributed by atoms with Crippen molar-refractivity contribution in [1.82, 2.24) is 10.2 Å². The van der Waals surface area contributed by atoms with Gasteiger partial charge in [-0.3, -0.25) is 9.69 Å². The maximum Gasteiger partial charge on any atom is 0.258 e. The average Bonchev–Trinajstić information content (AvgIpc) is 3.29. The average molecular weight is 381 g/mol. The summed E-state index contributed by atoms with van der Waals surface area (Å²) in [5.41, 5.74) is 1.18. The zero-order valence-corrected chi connectivity index (χ0v) is 16.1. The minimum Gasteiger partial charge on any atom is -0.484 e. The van der Waals surface area contributed by atoms with E-state index in [2.05, 4.69) is 27.7 Å². The Balaban J connectivity index is 0.00000225. The summed E-state index contributed by atoms with van der Waals surface area (Å²) < 4.78 is 5.55. The molecular formula is C19H25ClN2O2S. The van der Waals surface area contributed by atoms with Crippen LogP contribution in [0.25, 0.3) is 0 Å². The summed E-state index contributed by atoms with van der Waals surface area (Å²) >= 11 is 1.76. The summed E-state index contributed by atoms with van der Waals surface area (Å²) in [5.74, 6) is 0.654. The second-order valence-electron chi connectivity index (χ2n) is 6.18. The maximum atomic E-state index is 12.1. The minimum absolute atomic E-state index is 0. The third-order valence-corrected chi connectivity index (χ3v) is 5.31. The zero-order valence-electron chi connectivity index (χ0n) is 14.4. The number of halogens is 1. The van der Waals surface area contributed by atoms with E-state index in [-0.39, 0.29) is 31.0 Å². The molecule has 2 heterocycles. The highest BCUT2D eigenvalue weighted by atomic mass is 35.5. The molecule has 0 saturated carbocycles. The van der Waals surface area contributed by atoms with Crippen molar-refractivity contribution in [3.8, 4) is 5.75 Å². The van der Waals surface area contributed by atoms with Crippen molar-refractivity contribution in [2.75, 3.05) is 26.2 Å². The van der Waals surface area contributed by atoms with E-state index < -0.39 is 0 Å². The fourth-order valence-corrected chi connectivity index (χ4v) is 3.85. The first-order valence-corrected chi connectivity index (χ1v) is 9.34. The van der Waals surface area contributed by atoms with Crippen molar-refractivity contribution in [2.45, 2.75) is 25.8 Å². The van der Waals surface area contributed by atoms with Crippen LogP contribution in [0.15, 0.2) is 41.8 Å². The van der Waals surface area contributed by atoms with E-state index in [1.807, 2.05) is 31.2 Å². The normalized spacial score (nSPS) is 15.4. The Morgan fingerprint density at radius 2 is 1.96 bits per heavy atom. The number of aryl methyl sites for hydroxylation is 1. The molecule has 0 spiro atoms. The van der Waals surface area contributed by atoms with Gasteiger partial charge >= 0.3 is 0 Å². The lowest BCUT2D eigenvalue weighted by molar-refractivity contribution is -0.123. The lowest BCUT2D eigenvalue weighted by Gasteiger charge is -2.26. The number of thiophene rings is 1. The number of hydrogen-bond acceptors (Lipinski definition) is 4. The predicted molar refractivity (Wildman–Crippen MR) is 105 cm³/mol. The van der Waals surface area contributed by atoms with E-state index >= 15 is 0 Å². The van der Waals surface area contributed by atoms with Gasteiger partial charge in [0.15, 0.2) is 6.61 Å². The molecule has 1 aromatic heterocycles. The molecule has 0 radical (unpaired) electrons. The molecule has 136 valence electrons. The molecule has 1 saturated heterocycles. The van der Waals surface area contributed by atoms with Crippen LogP contribution >= 0.6 is 23.7 Å². The molecule has 2 aromatic rings. The third-order valence-electron chi connectivity index (χ3n) is 4.34. The molecule has 1 amide bonds. The summed E-state index contributed by atoms with van der Waals surface area (Å²) in [6.07, 6.45) is 2.48. The molecule has 1 aliphatic rings. The molecule has 1 atom stereocenters. The van der Waals surface area contributed by atoms with Crippen molar-refractivity contribution in [1.29, 1.82) is 0 Å². The molecule has 0 aliphatic carbocycles. The van der Waals surface area contributed by atoms with Crippen LogP contribution in [-0.4, -0.2) is 37.0 Å².